The number of ether oxygens (including phenoxy) is 2. The van der Waals surface area contributed by atoms with Crippen molar-refractivity contribution in [1.29, 1.82) is 0 Å². The second kappa shape index (κ2) is 11.6. The molecule has 41 heavy (non-hydrogen) atoms. The van der Waals surface area contributed by atoms with Gasteiger partial charge in [0.2, 0.25) is 15.2 Å². The molecule has 0 saturated carbocycles. The fraction of sp³-hybridized carbons (Fsp3) is 0.429. The lowest BCUT2D eigenvalue weighted by Crippen LogP contribution is -2.38. The molecular weight excluding hydrogens is 583 g/mol. The van der Waals surface area contributed by atoms with Gasteiger partial charge in [0.1, 0.15) is 11.1 Å². The summed E-state index contributed by atoms with van der Waals surface area (Å²) in [7, 11) is -2.27. The topological polar surface area (TPSA) is 115 Å². The number of methoxy groups -OCH3 is 1. The Balaban J connectivity index is 1.16. The number of aromatic nitrogens is 3. The average molecular weight is 614 g/mol. The minimum atomic E-state index is -3.53. The zero-order valence-electron chi connectivity index (χ0n) is 22.9. The summed E-state index contributed by atoms with van der Waals surface area (Å²) in [4.78, 5) is 18.6. The lowest BCUT2D eigenvalue weighted by molar-refractivity contribution is -0.140. The first-order valence-corrected chi connectivity index (χ1v) is 16.8. The summed E-state index contributed by atoms with van der Waals surface area (Å²) in [5.41, 5.74) is 3.12. The van der Waals surface area contributed by atoms with E-state index in [4.69, 9.17) is 9.72 Å². The molecule has 216 valence electrons. The van der Waals surface area contributed by atoms with E-state index in [1.165, 1.54) is 11.4 Å². The Kier molecular flexibility index (Phi) is 7.94. The molecule has 1 saturated heterocycles. The second-order valence-electron chi connectivity index (χ2n) is 10.2. The van der Waals surface area contributed by atoms with Crippen LogP contribution in [0.1, 0.15) is 36.3 Å². The Labute approximate surface area is 246 Å². The molecule has 1 fully saturated rings. The molecule has 4 aromatic rings. The van der Waals surface area contributed by atoms with Gasteiger partial charge >= 0.3 is 5.97 Å². The number of carbonyl (C=O) groups excluding carboxylic acids is 1. The van der Waals surface area contributed by atoms with Gasteiger partial charge in [-0.2, -0.15) is 4.31 Å². The summed E-state index contributed by atoms with van der Waals surface area (Å²) in [5, 5.41) is 13.2. The van der Waals surface area contributed by atoms with Crippen LogP contribution in [0.3, 0.4) is 0 Å². The lowest BCUT2D eigenvalue weighted by atomic mass is 9.94. The Hall–Kier alpha value is -3.13. The predicted octanol–water partition coefficient (Wildman–Crippen LogP) is 4.64. The maximum absolute atomic E-state index is 12.7. The molecule has 0 spiro atoms. The molecule has 2 aromatic heterocycles. The lowest BCUT2D eigenvalue weighted by Gasteiger charge is -2.30. The molecule has 2 aliphatic rings. The van der Waals surface area contributed by atoms with E-state index >= 15 is 0 Å². The smallest absolute Gasteiger partial charge is 0.306 e. The molecule has 13 heteroatoms. The first-order valence-electron chi connectivity index (χ1n) is 13.6. The molecule has 0 amide bonds. The minimum absolute atomic E-state index is 0.113. The van der Waals surface area contributed by atoms with E-state index in [2.05, 4.69) is 44.1 Å². The third kappa shape index (κ3) is 5.94. The van der Waals surface area contributed by atoms with E-state index in [-0.39, 0.29) is 24.8 Å². The van der Waals surface area contributed by atoms with Crippen LogP contribution in [0.15, 0.2) is 36.4 Å². The van der Waals surface area contributed by atoms with Crippen molar-refractivity contribution in [3.63, 3.8) is 0 Å². The highest BCUT2D eigenvalue weighted by molar-refractivity contribution is 7.89. The second-order valence-corrected chi connectivity index (χ2v) is 14.4. The molecule has 2 aromatic carbocycles. The third-order valence-electron chi connectivity index (χ3n) is 7.59. The van der Waals surface area contributed by atoms with Crippen molar-refractivity contribution in [3.05, 3.63) is 47.0 Å². The molecule has 0 radical (unpaired) electrons. The van der Waals surface area contributed by atoms with Gasteiger partial charge < -0.3 is 14.4 Å². The monoisotopic (exact) mass is 613 g/mol. The molecule has 0 atom stereocenters. The number of sulfonamides is 1. The van der Waals surface area contributed by atoms with Gasteiger partial charge in [0, 0.05) is 44.4 Å². The number of hydrogen-bond donors (Lipinski definition) is 0. The van der Waals surface area contributed by atoms with Crippen molar-refractivity contribution in [2.24, 2.45) is 0 Å². The van der Waals surface area contributed by atoms with Crippen molar-refractivity contribution < 1.29 is 22.7 Å². The van der Waals surface area contributed by atoms with Crippen LogP contribution in [0.2, 0.25) is 0 Å². The fourth-order valence-electron chi connectivity index (χ4n) is 5.37. The van der Waals surface area contributed by atoms with Gasteiger partial charge in [-0.3, -0.25) is 4.79 Å². The van der Waals surface area contributed by atoms with Crippen LogP contribution in [-0.4, -0.2) is 79.0 Å². The van der Waals surface area contributed by atoms with E-state index in [1.54, 1.807) is 22.7 Å². The fourth-order valence-corrected chi connectivity index (χ4v) is 8.36. The minimum Gasteiger partial charge on any atom is -0.469 e. The number of esters is 1. The van der Waals surface area contributed by atoms with Gasteiger partial charge in [-0.05, 0) is 35.9 Å². The van der Waals surface area contributed by atoms with Crippen molar-refractivity contribution >= 4 is 70.4 Å². The van der Waals surface area contributed by atoms with Gasteiger partial charge in [-0.25, -0.2) is 13.4 Å². The number of hydrogen-bond acceptors (Lipinski definition) is 11. The molecule has 4 heterocycles. The summed E-state index contributed by atoms with van der Waals surface area (Å²) in [6, 6.07) is 10.4. The van der Waals surface area contributed by atoms with Crippen LogP contribution in [0.4, 0.5) is 5.13 Å². The maximum Gasteiger partial charge on any atom is 0.306 e. The van der Waals surface area contributed by atoms with Gasteiger partial charge in [0.15, 0.2) is 0 Å². The number of anilines is 1. The van der Waals surface area contributed by atoms with E-state index in [9.17, 15) is 13.2 Å². The van der Waals surface area contributed by atoms with Crippen LogP contribution in [-0.2, 0) is 19.6 Å². The normalized spacial score (nSPS) is 17.2. The van der Waals surface area contributed by atoms with E-state index in [0.717, 1.165) is 68.2 Å². The quantitative estimate of drug-likeness (QED) is 0.262. The zero-order chi connectivity index (χ0) is 28.6. The molecule has 0 N–H and O–H groups in total. The van der Waals surface area contributed by atoms with Crippen molar-refractivity contribution in [2.75, 3.05) is 43.9 Å². The molecule has 0 bridgehead atoms. The Morgan fingerprint density at radius 1 is 1.07 bits per heavy atom. The van der Waals surface area contributed by atoms with Crippen molar-refractivity contribution in [2.45, 2.75) is 38.7 Å². The zero-order valence-corrected chi connectivity index (χ0v) is 25.4. The largest absolute Gasteiger partial charge is 0.469 e. The molecule has 0 aliphatic carbocycles. The summed E-state index contributed by atoms with van der Waals surface area (Å²) in [6.45, 7) is 4.40. The summed E-state index contributed by atoms with van der Waals surface area (Å²) in [6.07, 6.45) is 4.35. The van der Waals surface area contributed by atoms with Gasteiger partial charge in [-0.1, -0.05) is 53.0 Å². The standard InChI is InChI=1S/C28H31N5O5S3/c1-18-30-31-27(39-18)32-13-10-20(11-14-32)38-28-29-26-23-5-3-4-21(22(23)6-7-24(26)40-28)19-8-15-33(16-9-19)41(35,36)17-12-25(34)37-2/h3-8,20H,9-17H2,1-2H3. The molecule has 2 aliphatic heterocycles. The Morgan fingerprint density at radius 2 is 1.90 bits per heavy atom. The number of nitrogens with zero attached hydrogens (tertiary/aromatic N) is 5. The average Bonchev–Trinajstić information content (AvgIpc) is 3.62. The molecule has 0 unspecified atom stereocenters. The van der Waals surface area contributed by atoms with Crippen LogP contribution < -0.4 is 9.64 Å². The van der Waals surface area contributed by atoms with Crippen molar-refractivity contribution in [1.82, 2.24) is 19.5 Å². The highest BCUT2D eigenvalue weighted by atomic mass is 32.2. The molecule has 10 nitrogen and oxygen atoms in total. The number of carbonyl (C=O) groups is 1. The Morgan fingerprint density at radius 3 is 2.61 bits per heavy atom. The first kappa shape index (κ1) is 28.0. The Bertz CT molecular complexity index is 1720. The van der Waals surface area contributed by atoms with Gasteiger partial charge in [0.05, 0.1) is 29.5 Å². The van der Waals surface area contributed by atoms with Gasteiger partial charge in [0.25, 0.3) is 5.19 Å². The predicted molar refractivity (Wildman–Crippen MR) is 162 cm³/mol. The number of aryl methyl sites for hydroxylation is 1. The molecule has 6 rings (SSSR count). The summed E-state index contributed by atoms with van der Waals surface area (Å²) >= 11 is 3.19. The number of rotatable bonds is 8. The van der Waals surface area contributed by atoms with Crippen LogP contribution in [0, 0.1) is 6.92 Å². The number of piperidine rings is 1. The van der Waals surface area contributed by atoms with Crippen LogP contribution in [0.25, 0.3) is 26.6 Å². The van der Waals surface area contributed by atoms with E-state index in [0.29, 0.717) is 18.2 Å². The van der Waals surface area contributed by atoms with E-state index in [1.807, 2.05) is 19.1 Å². The highest BCUT2D eigenvalue weighted by Crippen LogP contribution is 2.38. The van der Waals surface area contributed by atoms with E-state index < -0.39 is 16.0 Å². The van der Waals surface area contributed by atoms with Crippen molar-refractivity contribution in [3.8, 4) is 5.19 Å². The summed E-state index contributed by atoms with van der Waals surface area (Å²) in [5.74, 6) is -0.768. The SMILES string of the molecule is COC(=O)CCS(=O)(=O)N1CC=C(c2cccc3c2ccc2sc(OC4CCN(c5nnc(C)s5)CC4)nc23)CC1. The maximum atomic E-state index is 12.7. The number of thiazole rings is 1. The van der Waals surface area contributed by atoms with Crippen LogP contribution >= 0.6 is 22.7 Å². The summed E-state index contributed by atoms with van der Waals surface area (Å²) < 4.78 is 38.9. The third-order valence-corrected chi connectivity index (χ3v) is 11.2. The van der Waals surface area contributed by atoms with Gasteiger partial charge in [-0.15, -0.1) is 10.2 Å². The number of benzene rings is 2. The molecular formula is C28H31N5O5S3. The first-order chi connectivity index (χ1) is 19.8. The number of fused-ring (bicyclic) bond motifs is 3. The highest BCUT2D eigenvalue weighted by Gasteiger charge is 2.27. The van der Waals surface area contributed by atoms with Crippen LogP contribution in [0.5, 0.6) is 5.19 Å².